The van der Waals surface area contributed by atoms with E-state index < -0.39 is 0 Å². The molecule has 1 radical (unpaired) electrons. The molecule has 0 saturated heterocycles. The summed E-state index contributed by atoms with van der Waals surface area (Å²) >= 11 is 0. The molecule has 0 bridgehead atoms. The van der Waals surface area contributed by atoms with Crippen molar-refractivity contribution in [2.75, 3.05) is 0 Å². The van der Waals surface area contributed by atoms with E-state index in [4.69, 9.17) is 4.74 Å². The minimum atomic E-state index is -0.200. The molecule has 59 valence electrons. The maximum atomic E-state index is 10.4. The lowest BCUT2D eigenvalue weighted by atomic mass is 10.1. The van der Waals surface area contributed by atoms with Crippen LogP contribution in [0.1, 0.15) is 34.1 Å². The number of hydrogen-bond donors (Lipinski definition) is 0. The zero-order valence-electron chi connectivity index (χ0n) is 7.10. The van der Waals surface area contributed by atoms with Crippen molar-refractivity contribution >= 4 is 5.97 Å². The summed E-state index contributed by atoms with van der Waals surface area (Å²) in [6.07, 6.45) is 0.891. The number of rotatable bonds is 3. The molecular weight excluding hydrogens is 128 g/mol. The molecule has 0 N–H and O–H groups in total. The Labute approximate surface area is 62.6 Å². The van der Waals surface area contributed by atoms with Crippen LogP contribution in [0.5, 0.6) is 0 Å². The first-order chi connectivity index (χ1) is 4.52. The molecule has 0 rings (SSSR count). The molecule has 0 aromatic heterocycles. The highest BCUT2D eigenvalue weighted by Gasteiger charge is 2.06. The van der Waals surface area contributed by atoms with Crippen LogP contribution in [0.15, 0.2) is 0 Å². The molecule has 0 aromatic rings. The lowest BCUT2D eigenvalue weighted by Gasteiger charge is -2.12. The average molecular weight is 143 g/mol. The lowest BCUT2D eigenvalue weighted by molar-refractivity contribution is -0.145. The fourth-order valence-corrected chi connectivity index (χ4v) is 0.900. The largest absolute Gasteiger partial charge is 0.463 e. The highest BCUT2D eigenvalue weighted by molar-refractivity contribution is 5.66. The standard InChI is InChI=1S/C8H15O2/c1-6(2)5-7(3)10-8(4)9/h7H,5H2,1-4H3. The van der Waals surface area contributed by atoms with Crippen molar-refractivity contribution in [3.05, 3.63) is 5.92 Å². The summed E-state index contributed by atoms with van der Waals surface area (Å²) in [5.74, 6) is 1.09. The number of hydrogen-bond acceptors (Lipinski definition) is 2. The Balaban J connectivity index is 3.43. The first-order valence-corrected chi connectivity index (χ1v) is 3.48. The van der Waals surface area contributed by atoms with Crippen LogP contribution in [0.3, 0.4) is 0 Å². The van der Waals surface area contributed by atoms with Crippen LogP contribution in [0.25, 0.3) is 0 Å². The van der Waals surface area contributed by atoms with E-state index in [-0.39, 0.29) is 12.1 Å². The van der Waals surface area contributed by atoms with Gasteiger partial charge in [-0.1, -0.05) is 13.8 Å². The molecule has 0 aromatic carbocycles. The van der Waals surface area contributed by atoms with Gasteiger partial charge in [0.1, 0.15) is 0 Å². The lowest BCUT2D eigenvalue weighted by Crippen LogP contribution is -2.13. The van der Waals surface area contributed by atoms with Crippen LogP contribution in [-0.4, -0.2) is 12.1 Å². The van der Waals surface area contributed by atoms with Crippen LogP contribution in [0, 0.1) is 5.92 Å². The first kappa shape index (κ1) is 9.47. The Bertz CT molecular complexity index is 108. The van der Waals surface area contributed by atoms with Gasteiger partial charge in [0.15, 0.2) is 0 Å². The van der Waals surface area contributed by atoms with Crippen molar-refractivity contribution in [3.8, 4) is 0 Å². The summed E-state index contributed by atoms with van der Waals surface area (Å²) in [6.45, 7) is 7.38. The normalized spacial score (nSPS) is 13.3. The van der Waals surface area contributed by atoms with E-state index in [0.717, 1.165) is 6.42 Å². The molecule has 0 aliphatic heterocycles. The zero-order valence-corrected chi connectivity index (χ0v) is 7.10. The summed E-state index contributed by atoms with van der Waals surface area (Å²) in [6, 6.07) is 0. The fraction of sp³-hybridized carbons (Fsp3) is 0.750. The van der Waals surface area contributed by atoms with E-state index in [0.29, 0.717) is 0 Å². The van der Waals surface area contributed by atoms with Crippen molar-refractivity contribution < 1.29 is 9.53 Å². The molecule has 1 atom stereocenters. The summed E-state index contributed by atoms with van der Waals surface area (Å²) in [4.78, 5) is 10.4. The number of ether oxygens (including phenoxy) is 1. The van der Waals surface area contributed by atoms with Crippen molar-refractivity contribution in [1.82, 2.24) is 0 Å². The minimum absolute atomic E-state index is 0.0301. The van der Waals surface area contributed by atoms with Gasteiger partial charge in [-0.3, -0.25) is 4.79 Å². The maximum Gasteiger partial charge on any atom is 0.302 e. The molecule has 0 amide bonds. The van der Waals surface area contributed by atoms with Gasteiger partial charge in [-0.25, -0.2) is 0 Å². The summed E-state index contributed by atoms with van der Waals surface area (Å²) < 4.78 is 4.90. The Hall–Kier alpha value is -0.530. The molecule has 0 aliphatic rings. The van der Waals surface area contributed by atoms with Crippen LogP contribution in [0.4, 0.5) is 0 Å². The highest BCUT2D eigenvalue weighted by Crippen LogP contribution is 2.08. The van der Waals surface area contributed by atoms with Gasteiger partial charge < -0.3 is 4.74 Å². The van der Waals surface area contributed by atoms with Crippen LogP contribution >= 0.6 is 0 Å². The molecular formula is C8H15O2. The van der Waals surface area contributed by atoms with Gasteiger partial charge >= 0.3 is 5.97 Å². The molecule has 0 spiro atoms. The van der Waals surface area contributed by atoms with Gasteiger partial charge in [0.2, 0.25) is 0 Å². The Morgan fingerprint density at radius 1 is 1.40 bits per heavy atom. The number of carbonyl (C=O) groups excluding carboxylic acids is 1. The Morgan fingerprint density at radius 3 is 2.20 bits per heavy atom. The predicted molar refractivity (Wildman–Crippen MR) is 40.4 cm³/mol. The molecule has 0 aliphatic carbocycles. The van der Waals surface area contributed by atoms with Gasteiger partial charge in [-0.05, 0) is 19.3 Å². The third-order valence-corrected chi connectivity index (χ3v) is 1.06. The number of esters is 1. The van der Waals surface area contributed by atoms with Crippen molar-refractivity contribution in [3.63, 3.8) is 0 Å². The fourth-order valence-electron chi connectivity index (χ4n) is 0.900. The summed E-state index contributed by atoms with van der Waals surface area (Å²) in [5, 5.41) is 0. The zero-order chi connectivity index (χ0) is 8.15. The van der Waals surface area contributed by atoms with Gasteiger partial charge in [0.05, 0.1) is 6.10 Å². The molecule has 0 fully saturated rings. The van der Waals surface area contributed by atoms with E-state index in [2.05, 4.69) is 0 Å². The van der Waals surface area contributed by atoms with Gasteiger partial charge in [0, 0.05) is 6.92 Å². The Kier molecular flexibility index (Phi) is 4.08. The SMILES string of the molecule is C[C](C)CC(C)OC(C)=O. The quantitative estimate of drug-likeness (QED) is 0.564. The van der Waals surface area contributed by atoms with E-state index >= 15 is 0 Å². The monoisotopic (exact) mass is 143 g/mol. The molecule has 0 saturated carbocycles. The topological polar surface area (TPSA) is 26.3 Å². The van der Waals surface area contributed by atoms with Gasteiger partial charge in [-0.15, -0.1) is 0 Å². The average Bonchev–Trinajstić information content (AvgIpc) is 1.58. The molecule has 2 nitrogen and oxygen atoms in total. The molecule has 0 heterocycles. The second-order valence-corrected chi connectivity index (χ2v) is 2.83. The summed E-state index contributed by atoms with van der Waals surface area (Å²) in [5.41, 5.74) is 0. The third-order valence-electron chi connectivity index (χ3n) is 1.06. The minimum Gasteiger partial charge on any atom is -0.463 e. The second kappa shape index (κ2) is 4.31. The van der Waals surface area contributed by atoms with E-state index in [1.165, 1.54) is 12.8 Å². The van der Waals surface area contributed by atoms with Crippen molar-refractivity contribution in [2.45, 2.75) is 40.2 Å². The number of carbonyl (C=O) groups is 1. The highest BCUT2D eigenvalue weighted by atomic mass is 16.5. The van der Waals surface area contributed by atoms with E-state index in [9.17, 15) is 4.79 Å². The Morgan fingerprint density at radius 2 is 1.90 bits per heavy atom. The van der Waals surface area contributed by atoms with E-state index in [1.807, 2.05) is 20.8 Å². The first-order valence-electron chi connectivity index (χ1n) is 3.48. The van der Waals surface area contributed by atoms with Crippen molar-refractivity contribution in [2.24, 2.45) is 0 Å². The van der Waals surface area contributed by atoms with Gasteiger partial charge in [0.25, 0.3) is 0 Å². The van der Waals surface area contributed by atoms with Crippen LogP contribution in [0.2, 0.25) is 0 Å². The smallest absolute Gasteiger partial charge is 0.302 e. The van der Waals surface area contributed by atoms with Gasteiger partial charge in [-0.2, -0.15) is 0 Å². The third kappa shape index (κ3) is 5.60. The molecule has 2 heteroatoms. The van der Waals surface area contributed by atoms with Crippen molar-refractivity contribution in [1.29, 1.82) is 0 Å². The molecule has 1 unspecified atom stereocenters. The van der Waals surface area contributed by atoms with Crippen LogP contribution < -0.4 is 0 Å². The summed E-state index contributed by atoms with van der Waals surface area (Å²) in [7, 11) is 0. The maximum absolute atomic E-state index is 10.4. The predicted octanol–water partition coefficient (Wildman–Crippen LogP) is 1.94. The van der Waals surface area contributed by atoms with E-state index in [1.54, 1.807) is 0 Å². The van der Waals surface area contributed by atoms with Crippen LogP contribution in [-0.2, 0) is 9.53 Å². The second-order valence-electron chi connectivity index (χ2n) is 2.83. The molecule has 10 heavy (non-hydrogen) atoms.